The van der Waals surface area contributed by atoms with Gasteiger partial charge in [-0.05, 0) is 38.6 Å². The zero-order valence-electron chi connectivity index (χ0n) is 10.1. The smallest absolute Gasteiger partial charge is 0.303 e. The van der Waals surface area contributed by atoms with Crippen LogP contribution < -0.4 is 0 Å². The molecule has 1 saturated heterocycles. The monoisotopic (exact) mass is 213 g/mol. The number of likely N-dealkylation sites (tertiary alicyclic amines) is 1. The van der Waals surface area contributed by atoms with E-state index in [0.717, 1.165) is 13.0 Å². The van der Waals surface area contributed by atoms with E-state index in [1.54, 1.807) is 0 Å². The molecule has 2 unspecified atom stereocenters. The van der Waals surface area contributed by atoms with Crippen LogP contribution in [0.1, 0.15) is 46.5 Å². The summed E-state index contributed by atoms with van der Waals surface area (Å²) >= 11 is 0. The second-order valence-corrected chi connectivity index (χ2v) is 4.97. The fraction of sp³-hybridized carbons (Fsp3) is 0.917. The van der Waals surface area contributed by atoms with Gasteiger partial charge in [-0.1, -0.05) is 13.8 Å². The Hall–Kier alpha value is -0.570. The van der Waals surface area contributed by atoms with Crippen LogP contribution in [-0.4, -0.2) is 34.6 Å². The number of hydrogen-bond donors (Lipinski definition) is 1. The first-order valence-corrected chi connectivity index (χ1v) is 6.00. The maximum absolute atomic E-state index is 10.5. The molecule has 0 aliphatic carbocycles. The normalized spacial score (nSPS) is 24.7. The van der Waals surface area contributed by atoms with Gasteiger partial charge in [0.2, 0.25) is 0 Å². The third kappa shape index (κ3) is 3.49. The van der Waals surface area contributed by atoms with Gasteiger partial charge in [-0.2, -0.15) is 0 Å². The molecule has 0 bridgehead atoms. The van der Waals surface area contributed by atoms with Crippen LogP contribution >= 0.6 is 0 Å². The van der Waals surface area contributed by atoms with E-state index >= 15 is 0 Å². The number of hydrogen-bond acceptors (Lipinski definition) is 2. The fourth-order valence-corrected chi connectivity index (χ4v) is 2.58. The maximum atomic E-state index is 10.5. The molecular formula is C12H23NO2. The van der Waals surface area contributed by atoms with Crippen LogP contribution in [0.25, 0.3) is 0 Å². The van der Waals surface area contributed by atoms with E-state index in [1.807, 2.05) is 0 Å². The van der Waals surface area contributed by atoms with Gasteiger partial charge < -0.3 is 5.11 Å². The fourth-order valence-electron chi connectivity index (χ4n) is 2.58. The molecule has 88 valence electrons. The molecule has 15 heavy (non-hydrogen) atoms. The standard InChI is InChI=1S/C12H23NO2/c1-9(2)11-5-4-8-13(11)10(3)6-7-12(14)15/h9-11H,4-8H2,1-3H3,(H,14,15). The summed E-state index contributed by atoms with van der Waals surface area (Å²) in [5, 5.41) is 8.66. The molecule has 1 aliphatic heterocycles. The number of carbonyl (C=O) groups is 1. The molecule has 1 N–H and O–H groups in total. The SMILES string of the molecule is CC(C)C1CCCN1C(C)CCC(=O)O. The predicted molar refractivity (Wildman–Crippen MR) is 60.9 cm³/mol. The zero-order valence-corrected chi connectivity index (χ0v) is 10.1. The highest BCUT2D eigenvalue weighted by atomic mass is 16.4. The number of rotatable bonds is 5. The summed E-state index contributed by atoms with van der Waals surface area (Å²) in [7, 11) is 0. The van der Waals surface area contributed by atoms with Crippen LogP contribution in [0.4, 0.5) is 0 Å². The Morgan fingerprint density at radius 2 is 2.13 bits per heavy atom. The summed E-state index contributed by atoms with van der Waals surface area (Å²) in [6.07, 6.45) is 3.61. The molecule has 1 heterocycles. The number of aliphatic carboxylic acids is 1. The van der Waals surface area contributed by atoms with Gasteiger partial charge in [0.15, 0.2) is 0 Å². The Morgan fingerprint density at radius 3 is 2.67 bits per heavy atom. The van der Waals surface area contributed by atoms with Gasteiger partial charge in [0, 0.05) is 18.5 Å². The molecule has 0 radical (unpaired) electrons. The van der Waals surface area contributed by atoms with Gasteiger partial charge in [-0.15, -0.1) is 0 Å². The minimum Gasteiger partial charge on any atom is -0.481 e. The average Bonchev–Trinajstić information content (AvgIpc) is 2.62. The van der Waals surface area contributed by atoms with E-state index in [-0.39, 0.29) is 0 Å². The van der Waals surface area contributed by atoms with Crippen LogP contribution in [-0.2, 0) is 4.79 Å². The van der Waals surface area contributed by atoms with Gasteiger partial charge in [-0.25, -0.2) is 0 Å². The molecule has 3 nitrogen and oxygen atoms in total. The van der Waals surface area contributed by atoms with E-state index in [2.05, 4.69) is 25.7 Å². The predicted octanol–water partition coefficient (Wildman–Crippen LogP) is 2.36. The number of carboxylic acid groups (broad SMARTS) is 1. The number of carboxylic acids is 1. The second-order valence-electron chi connectivity index (χ2n) is 4.97. The first-order valence-electron chi connectivity index (χ1n) is 6.00. The Labute approximate surface area is 92.5 Å². The minimum absolute atomic E-state index is 0.294. The van der Waals surface area contributed by atoms with Gasteiger partial charge in [0.25, 0.3) is 0 Å². The van der Waals surface area contributed by atoms with Crippen LogP contribution in [0.15, 0.2) is 0 Å². The second kappa shape index (κ2) is 5.50. The Balaban J connectivity index is 2.43. The quantitative estimate of drug-likeness (QED) is 0.762. The van der Waals surface area contributed by atoms with E-state index < -0.39 is 5.97 Å². The lowest BCUT2D eigenvalue weighted by Gasteiger charge is -2.32. The van der Waals surface area contributed by atoms with Gasteiger partial charge in [0.1, 0.15) is 0 Å². The van der Waals surface area contributed by atoms with Crippen molar-refractivity contribution in [3.63, 3.8) is 0 Å². The Kier molecular flexibility index (Phi) is 4.58. The zero-order chi connectivity index (χ0) is 11.4. The first-order chi connectivity index (χ1) is 7.02. The third-order valence-electron chi connectivity index (χ3n) is 3.45. The van der Waals surface area contributed by atoms with Crippen LogP contribution in [0.5, 0.6) is 0 Å². The van der Waals surface area contributed by atoms with E-state index in [1.165, 1.54) is 12.8 Å². The van der Waals surface area contributed by atoms with Crippen molar-refractivity contribution in [3.05, 3.63) is 0 Å². The lowest BCUT2D eigenvalue weighted by Crippen LogP contribution is -2.40. The van der Waals surface area contributed by atoms with Crippen molar-refractivity contribution in [1.29, 1.82) is 0 Å². The maximum Gasteiger partial charge on any atom is 0.303 e. The van der Waals surface area contributed by atoms with Crippen molar-refractivity contribution in [2.24, 2.45) is 5.92 Å². The molecule has 1 fully saturated rings. The highest BCUT2D eigenvalue weighted by molar-refractivity contribution is 5.66. The molecule has 0 saturated carbocycles. The highest BCUT2D eigenvalue weighted by Gasteiger charge is 2.30. The minimum atomic E-state index is -0.679. The van der Waals surface area contributed by atoms with Crippen molar-refractivity contribution < 1.29 is 9.90 Å². The van der Waals surface area contributed by atoms with Crippen LogP contribution in [0.3, 0.4) is 0 Å². The molecule has 1 rings (SSSR count). The molecule has 1 aliphatic rings. The molecule has 0 spiro atoms. The van der Waals surface area contributed by atoms with Crippen molar-refractivity contribution in [3.8, 4) is 0 Å². The summed E-state index contributed by atoms with van der Waals surface area (Å²) < 4.78 is 0. The summed E-state index contributed by atoms with van der Waals surface area (Å²) in [4.78, 5) is 13.0. The lowest BCUT2D eigenvalue weighted by atomic mass is 10.00. The first kappa shape index (κ1) is 12.5. The topological polar surface area (TPSA) is 40.5 Å². The van der Waals surface area contributed by atoms with Crippen molar-refractivity contribution in [2.45, 2.75) is 58.5 Å². The Morgan fingerprint density at radius 1 is 1.47 bits per heavy atom. The summed E-state index contributed by atoms with van der Waals surface area (Å²) in [6.45, 7) is 7.81. The van der Waals surface area contributed by atoms with Crippen molar-refractivity contribution >= 4 is 5.97 Å². The highest BCUT2D eigenvalue weighted by Crippen LogP contribution is 2.27. The molecule has 0 aromatic rings. The summed E-state index contributed by atoms with van der Waals surface area (Å²) in [6, 6.07) is 1.07. The molecular weight excluding hydrogens is 190 g/mol. The van der Waals surface area contributed by atoms with Crippen molar-refractivity contribution in [1.82, 2.24) is 4.90 Å². The Bertz CT molecular complexity index is 216. The third-order valence-corrected chi connectivity index (χ3v) is 3.45. The molecule has 0 amide bonds. The van der Waals surface area contributed by atoms with Crippen LogP contribution in [0, 0.1) is 5.92 Å². The molecule has 0 aromatic heterocycles. The molecule has 0 aromatic carbocycles. The largest absolute Gasteiger partial charge is 0.481 e. The van der Waals surface area contributed by atoms with Gasteiger partial charge in [0.05, 0.1) is 0 Å². The summed E-state index contributed by atoms with van der Waals surface area (Å²) in [5.74, 6) is 0.00178. The van der Waals surface area contributed by atoms with Gasteiger partial charge in [-0.3, -0.25) is 9.69 Å². The lowest BCUT2D eigenvalue weighted by molar-refractivity contribution is -0.137. The molecule has 3 heteroatoms. The average molecular weight is 213 g/mol. The van der Waals surface area contributed by atoms with Crippen molar-refractivity contribution in [2.75, 3.05) is 6.54 Å². The van der Waals surface area contributed by atoms with E-state index in [9.17, 15) is 4.79 Å². The van der Waals surface area contributed by atoms with Gasteiger partial charge >= 0.3 is 5.97 Å². The van der Waals surface area contributed by atoms with Crippen LogP contribution in [0.2, 0.25) is 0 Å². The summed E-state index contributed by atoms with van der Waals surface area (Å²) in [5.41, 5.74) is 0. The molecule has 2 atom stereocenters. The van der Waals surface area contributed by atoms with E-state index in [0.29, 0.717) is 24.4 Å². The number of nitrogens with zero attached hydrogens (tertiary/aromatic N) is 1. The van der Waals surface area contributed by atoms with E-state index in [4.69, 9.17) is 5.11 Å².